The van der Waals surface area contributed by atoms with Gasteiger partial charge in [-0.25, -0.2) is 10.4 Å². The normalized spacial score (nSPS) is 18.7. The van der Waals surface area contributed by atoms with Crippen LogP contribution in [0.3, 0.4) is 0 Å². The molecule has 0 spiro atoms. The van der Waals surface area contributed by atoms with Crippen molar-refractivity contribution in [2.45, 2.75) is 38.0 Å². The van der Waals surface area contributed by atoms with E-state index in [0.29, 0.717) is 42.7 Å². The molecule has 7 nitrogen and oxygen atoms in total. The average Bonchev–Trinajstić information content (AvgIpc) is 3.24. The first-order chi connectivity index (χ1) is 17.9. The van der Waals surface area contributed by atoms with Gasteiger partial charge in [0.1, 0.15) is 11.9 Å². The van der Waals surface area contributed by atoms with Crippen LogP contribution in [0.2, 0.25) is 5.02 Å². The number of hydrogen-bond donors (Lipinski definition) is 3. The molecular formula is C28H29BrClN3O4. The van der Waals surface area contributed by atoms with Crippen LogP contribution in [-0.2, 0) is 22.5 Å². The summed E-state index contributed by atoms with van der Waals surface area (Å²) in [5, 5.41) is 9.59. The highest BCUT2D eigenvalue weighted by Gasteiger charge is 2.50. The van der Waals surface area contributed by atoms with Crippen molar-refractivity contribution in [2.75, 3.05) is 13.2 Å². The maximum Gasteiger partial charge on any atom is 0.266 e. The molecule has 0 saturated carbocycles. The molecule has 1 aliphatic heterocycles. The van der Waals surface area contributed by atoms with Gasteiger partial charge < -0.3 is 14.6 Å². The van der Waals surface area contributed by atoms with Gasteiger partial charge >= 0.3 is 0 Å². The van der Waals surface area contributed by atoms with E-state index in [-0.39, 0.29) is 12.5 Å². The van der Waals surface area contributed by atoms with Crippen molar-refractivity contribution in [2.24, 2.45) is 4.99 Å². The number of aliphatic imine (C=N–C) groups is 1. The number of hydrazine groups is 1. The van der Waals surface area contributed by atoms with Gasteiger partial charge in [-0.2, -0.15) is 0 Å². The Balaban J connectivity index is 1.55. The molecule has 9 heteroatoms. The summed E-state index contributed by atoms with van der Waals surface area (Å²) < 4.78 is 12.7. The van der Waals surface area contributed by atoms with E-state index in [2.05, 4.69) is 26.8 Å². The van der Waals surface area contributed by atoms with Crippen LogP contribution in [0, 0.1) is 0 Å². The fourth-order valence-electron chi connectivity index (χ4n) is 3.99. The molecule has 4 rings (SSSR count). The Morgan fingerprint density at radius 2 is 1.76 bits per heavy atom. The Bertz CT molecular complexity index is 1220. The second-order valence-electron chi connectivity index (χ2n) is 8.79. The van der Waals surface area contributed by atoms with Crippen molar-refractivity contribution in [1.82, 2.24) is 10.9 Å². The van der Waals surface area contributed by atoms with Crippen molar-refractivity contribution in [3.05, 3.63) is 99.0 Å². The van der Waals surface area contributed by atoms with E-state index in [4.69, 9.17) is 31.2 Å². The van der Waals surface area contributed by atoms with Gasteiger partial charge in [0.2, 0.25) is 5.90 Å². The van der Waals surface area contributed by atoms with Gasteiger partial charge in [-0.1, -0.05) is 51.8 Å². The topological polar surface area (TPSA) is 92.2 Å². The number of benzene rings is 3. The highest BCUT2D eigenvalue weighted by atomic mass is 79.9. The number of carbonyl (C=O) groups is 1. The minimum Gasteiger partial charge on any atom is -0.494 e. The van der Waals surface area contributed by atoms with Gasteiger partial charge in [0, 0.05) is 41.1 Å². The summed E-state index contributed by atoms with van der Waals surface area (Å²) in [6.45, 7) is 2.81. The molecule has 1 amide bonds. The zero-order chi connectivity index (χ0) is 26.3. The van der Waals surface area contributed by atoms with Gasteiger partial charge in [0.05, 0.1) is 6.61 Å². The predicted molar refractivity (Wildman–Crippen MR) is 148 cm³/mol. The molecule has 3 N–H and O–H groups in total. The average molecular weight is 587 g/mol. The number of aliphatic hydroxyl groups is 1. The quantitative estimate of drug-likeness (QED) is 0.221. The van der Waals surface area contributed by atoms with Gasteiger partial charge in [0.25, 0.3) is 5.91 Å². The third-order valence-corrected chi connectivity index (χ3v) is 6.90. The van der Waals surface area contributed by atoms with E-state index in [9.17, 15) is 4.79 Å². The summed E-state index contributed by atoms with van der Waals surface area (Å²) in [7, 11) is 0. The smallest absolute Gasteiger partial charge is 0.266 e. The van der Waals surface area contributed by atoms with Crippen molar-refractivity contribution in [3.63, 3.8) is 0 Å². The first-order valence-electron chi connectivity index (χ1n) is 12.0. The molecule has 1 heterocycles. The van der Waals surface area contributed by atoms with Gasteiger partial charge in [0.15, 0.2) is 5.54 Å². The lowest BCUT2D eigenvalue weighted by atomic mass is 9.86. The predicted octanol–water partition coefficient (Wildman–Crippen LogP) is 4.83. The third kappa shape index (κ3) is 6.90. The molecule has 0 unspecified atom stereocenters. The number of rotatable bonds is 11. The van der Waals surface area contributed by atoms with E-state index in [0.717, 1.165) is 21.2 Å². The van der Waals surface area contributed by atoms with Crippen LogP contribution in [0.15, 0.2) is 82.3 Å². The summed E-state index contributed by atoms with van der Waals surface area (Å²) in [6, 6.07) is 22.6. The molecule has 3 aromatic rings. The molecule has 0 bridgehead atoms. The fourth-order valence-corrected chi connectivity index (χ4v) is 4.38. The molecule has 1 aliphatic rings. The number of carbonyl (C=O) groups excluding carboxylic acids is 1. The zero-order valence-corrected chi connectivity index (χ0v) is 22.8. The lowest BCUT2D eigenvalue weighted by Crippen LogP contribution is -2.55. The van der Waals surface area contributed by atoms with Crippen LogP contribution in [0.1, 0.15) is 30.0 Å². The zero-order valence-electron chi connectivity index (χ0n) is 20.4. The van der Waals surface area contributed by atoms with Crippen LogP contribution in [0.25, 0.3) is 0 Å². The maximum atomic E-state index is 13.6. The lowest BCUT2D eigenvalue weighted by molar-refractivity contribution is -0.129. The first kappa shape index (κ1) is 27.1. The Hall–Kier alpha value is -2.91. The second kappa shape index (κ2) is 12.6. The molecule has 2 atom stereocenters. The summed E-state index contributed by atoms with van der Waals surface area (Å²) in [4.78, 5) is 18.5. The molecule has 0 radical (unpaired) electrons. The molecule has 0 saturated heterocycles. The fraction of sp³-hybridized carbons (Fsp3) is 0.286. The van der Waals surface area contributed by atoms with E-state index < -0.39 is 11.6 Å². The molecule has 194 valence electrons. The van der Waals surface area contributed by atoms with Crippen molar-refractivity contribution in [1.29, 1.82) is 0 Å². The minimum absolute atomic E-state index is 0.0810. The number of ether oxygens (including phenoxy) is 2. The van der Waals surface area contributed by atoms with Gasteiger partial charge in [-0.05, 0) is 66.6 Å². The standard InChI is InChI=1S/C28H29BrClN3O4/c1-19-28(17-20-3-9-23(29)10-4-20,27(35)33-31-18-21-5-11-24(30)12-6-21)32-26(37-19)22-7-13-25(14-8-22)36-16-2-15-34/h3-14,19,31,34H,2,15-18H2,1H3,(H,33,35)/t19-,28-/m0/s1. The summed E-state index contributed by atoms with van der Waals surface area (Å²) in [6.07, 6.45) is 0.417. The third-order valence-electron chi connectivity index (χ3n) is 6.12. The van der Waals surface area contributed by atoms with E-state index in [1.165, 1.54) is 0 Å². The Morgan fingerprint density at radius 3 is 2.43 bits per heavy atom. The number of nitrogens with zero attached hydrogens (tertiary/aromatic N) is 1. The maximum absolute atomic E-state index is 13.6. The lowest BCUT2D eigenvalue weighted by Gasteiger charge is -2.28. The summed E-state index contributed by atoms with van der Waals surface area (Å²) >= 11 is 9.43. The van der Waals surface area contributed by atoms with Crippen LogP contribution in [0.5, 0.6) is 5.75 Å². The molecule has 37 heavy (non-hydrogen) atoms. The summed E-state index contributed by atoms with van der Waals surface area (Å²) in [5.41, 5.74) is 7.38. The Labute approximate surface area is 230 Å². The minimum atomic E-state index is -1.17. The van der Waals surface area contributed by atoms with Crippen LogP contribution in [-0.4, -0.2) is 41.8 Å². The SMILES string of the molecule is C[C@@H]1OC(c2ccc(OCCCO)cc2)=N[C@]1(Cc1ccc(Br)cc1)C(=O)NNCc1ccc(Cl)cc1. The monoisotopic (exact) mass is 585 g/mol. The molecular weight excluding hydrogens is 558 g/mol. The van der Waals surface area contributed by atoms with Crippen LogP contribution >= 0.6 is 27.5 Å². The molecule has 0 aliphatic carbocycles. The van der Waals surface area contributed by atoms with Gasteiger partial charge in [-0.15, -0.1) is 0 Å². The second-order valence-corrected chi connectivity index (χ2v) is 10.1. The van der Waals surface area contributed by atoms with E-state index >= 15 is 0 Å². The van der Waals surface area contributed by atoms with Gasteiger partial charge in [-0.3, -0.25) is 10.2 Å². The van der Waals surface area contributed by atoms with E-state index in [1.54, 1.807) is 0 Å². The highest BCUT2D eigenvalue weighted by molar-refractivity contribution is 9.10. The van der Waals surface area contributed by atoms with Crippen molar-refractivity contribution >= 4 is 39.3 Å². The van der Waals surface area contributed by atoms with Crippen molar-refractivity contribution < 1.29 is 19.4 Å². The first-order valence-corrected chi connectivity index (χ1v) is 13.2. The molecule has 0 aromatic heterocycles. The van der Waals surface area contributed by atoms with Crippen LogP contribution < -0.4 is 15.6 Å². The number of aliphatic hydroxyl groups excluding tert-OH is 1. The van der Waals surface area contributed by atoms with Crippen molar-refractivity contribution in [3.8, 4) is 5.75 Å². The van der Waals surface area contributed by atoms with Crippen LogP contribution in [0.4, 0.5) is 0 Å². The number of nitrogens with one attached hydrogen (secondary N) is 2. The Morgan fingerprint density at radius 1 is 1.08 bits per heavy atom. The molecule has 0 fully saturated rings. The largest absolute Gasteiger partial charge is 0.494 e. The number of halogens is 2. The Kier molecular flexibility index (Phi) is 9.21. The number of amides is 1. The van der Waals surface area contributed by atoms with E-state index in [1.807, 2.05) is 79.7 Å². The highest BCUT2D eigenvalue weighted by Crippen LogP contribution is 2.33. The number of hydrogen-bond acceptors (Lipinski definition) is 6. The summed E-state index contributed by atoms with van der Waals surface area (Å²) in [5.74, 6) is 0.810. The molecule has 3 aromatic carbocycles.